The van der Waals surface area contributed by atoms with E-state index in [1.54, 1.807) is 0 Å². The van der Waals surface area contributed by atoms with Crippen molar-refractivity contribution in [3.05, 3.63) is 58.6 Å². The van der Waals surface area contributed by atoms with Gasteiger partial charge < -0.3 is 0 Å². The lowest BCUT2D eigenvalue weighted by molar-refractivity contribution is 1.09. The SMILES string of the molecule is CCc1ccc(-c2cccc(Cl)c2)c(CC)c1. The van der Waals surface area contributed by atoms with Gasteiger partial charge in [0, 0.05) is 5.02 Å². The highest BCUT2D eigenvalue weighted by Crippen LogP contribution is 2.27. The average Bonchev–Trinajstić information content (AvgIpc) is 2.38. The van der Waals surface area contributed by atoms with Crippen LogP contribution >= 0.6 is 11.6 Å². The van der Waals surface area contributed by atoms with E-state index >= 15 is 0 Å². The second kappa shape index (κ2) is 5.37. The Labute approximate surface area is 108 Å². The van der Waals surface area contributed by atoms with Gasteiger partial charge in [-0.15, -0.1) is 0 Å². The third kappa shape index (κ3) is 2.70. The first-order valence-corrected chi connectivity index (χ1v) is 6.50. The van der Waals surface area contributed by atoms with Crippen molar-refractivity contribution in [2.45, 2.75) is 26.7 Å². The van der Waals surface area contributed by atoms with E-state index in [1.165, 1.54) is 22.3 Å². The fraction of sp³-hybridized carbons (Fsp3) is 0.250. The van der Waals surface area contributed by atoms with Gasteiger partial charge in [-0.25, -0.2) is 0 Å². The van der Waals surface area contributed by atoms with Gasteiger partial charge in [0.2, 0.25) is 0 Å². The van der Waals surface area contributed by atoms with Gasteiger partial charge in [0.1, 0.15) is 0 Å². The number of aryl methyl sites for hydroxylation is 2. The molecule has 2 aromatic carbocycles. The zero-order valence-electron chi connectivity index (χ0n) is 10.3. The monoisotopic (exact) mass is 244 g/mol. The van der Waals surface area contributed by atoms with Gasteiger partial charge in [-0.05, 0) is 47.2 Å². The van der Waals surface area contributed by atoms with Gasteiger partial charge in [-0.2, -0.15) is 0 Å². The number of rotatable bonds is 3. The molecule has 88 valence electrons. The van der Waals surface area contributed by atoms with E-state index < -0.39 is 0 Å². The van der Waals surface area contributed by atoms with Crippen molar-refractivity contribution < 1.29 is 0 Å². The molecule has 0 spiro atoms. The molecule has 0 saturated heterocycles. The normalized spacial score (nSPS) is 10.5. The minimum atomic E-state index is 0.795. The molecule has 2 aromatic rings. The smallest absolute Gasteiger partial charge is 0.0412 e. The molecule has 17 heavy (non-hydrogen) atoms. The molecule has 0 amide bonds. The predicted molar refractivity (Wildman–Crippen MR) is 75.6 cm³/mol. The van der Waals surface area contributed by atoms with E-state index in [0.717, 1.165) is 17.9 Å². The van der Waals surface area contributed by atoms with E-state index in [9.17, 15) is 0 Å². The van der Waals surface area contributed by atoms with Gasteiger partial charge in [-0.1, -0.05) is 55.8 Å². The second-order valence-electron chi connectivity index (χ2n) is 4.21. The molecule has 0 heterocycles. The zero-order chi connectivity index (χ0) is 12.3. The Balaban J connectivity index is 2.51. The third-order valence-electron chi connectivity index (χ3n) is 3.09. The largest absolute Gasteiger partial charge is 0.0843 e. The van der Waals surface area contributed by atoms with Crippen LogP contribution in [0.1, 0.15) is 25.0 Å². The van der Waals surface area contributed by atoms with Gasteiger partial charge in [-0.3, -0.25) is 0 Å². The lowest BCUT2D eigenvalue weighted by atomic mass is 9.95. The van der Waals surface area contributed by atoms with E-state index in [-0.39, 0.29) is 0 Å². The average molecular weight is 245 g/mol. The molecular weight excluding hydrogens is 228 g/mol. The molecule has 1 heteroatoms. The van der Waals surface area contributed by atoms with E-state index in [0.29, 0.717) is 0 Å². The van der Waals surface area contributed by atoms with Crippen LogP contribution in [0.2, 0.25) is 5.02 Å². The minimum absolute atomic E-state index is 0.795. The molecule has 0 aliphatic rings. The Hall–Kier alpha value is -1.27. The molecule has 0 unspecified atom stereocenters. The summed E-state index contributed by atoms with van der Waals surface area (Å²) < 4.78 is 0. The van der Waals surface area contributed by atoms with Gasteiger partial charge in [0.05, 0.1) is 0 Å². The van der Waals surface area contributed by atoms with Crippen LogP contribution < -0.4 is 0 Å². The first-order chi connectivity index (χ1) is 8.24. The van der Waals surface area contributed by atoms with Crippen LogP contribution in [0.4, 0.5) is 0 Å². The maximum atomic E-state index is 6.05. The first-order valence-electron chi connectivity index (χ1n) is 6.12. The molecule has 0 saturated carbocycles. The van der Waals surface area contributed by atoms with Crippen LogP contribution in [-0.2, 0) is 12.8 Å². The van der Waals surface area contributed by atoms with Crippen molar-refractivity contribution in [3.8, 4) is 11.1 Å². The second-order valence-corrected chi connectivity index (χ2v) is 4.65. The van der Waals surface area contributed by atoms with Crippen LogP contribution in [0.5, 0.6) is 0 Å². The maximum absolute atomic E-state index is 6.05. The highest BCUT2D eigenvalue weighted by atomic mass is 35.5. The Morgan fingerprint density at radius 2 is 1.76 bits per heavy atom. The summed E-state index contributed by atoms with van der Waals surface area (Å²) in [6.07, 6.45) is 2.14. The summed E-state index contributed by atoms with van der Waals surface area (Å²) in [6, 6.07) is 14.8. The lowest BCUT2D eigenvalue weighted by Crippen LogP contribution is -1.90. The molecule has 0 N–H and O–H groups in total. The van der Waals surface area contributed by atoms with Crippen LogP contribution in [0.3, 0.4) is 0 Å². The van der Waals surface area contributed by atoms with Crippen molar-refractivity contribution in [1.82, 2.24) is 0 Å². The van der Waals surface area contributed by atoms with Crippen LogP contribution in [0.25, 0.3) is 11.1 Å². The molecule has 0 fully saturated rings. The standard InChI is InChI=1S/C16H17Cl/c1-3-12-8-9-16(13(4-2)10-12)14-6-5-7-15(17)11-14/h5-11H,3-4H2,1-2H3. The maximum Gasteiger partial charge on any atom is 0.0412 e. The molecule has 0 radical (unpaired) electrons. The fourth-order valence-electron chi connectivity index (χ4n) is 2.10. The number of hydrogen-bond donors (Lipinski definition) is 0. The summed E-state index contributed by atoms with van der Waals surface area (Å²) in [6.45, 7) is 4.39. The van der Waals surface area contributed by atoms with Crippen molar-refractivity contribution >= 4 is 11.6 Å². The summed E-state index contributed by atoms with van der Waals surface area (Å²) >= 11 is 6.05. The minimum Gasteiger partial charge on any atom is -0.0843 e. The highest BCUT2D eigenvalue weighted by molar-refractivity contribution is 6.30. The van der Waals surface area contributed by atoms with Crippen molar-refractivity contribution in [3.63, 3.8) is 0 Å². The van der Waals surface area contributed by atoms with Gasteiger partial charge in [0.15, 0.2) is 0 Å². The summed E-state index contributed by atoms with van der Waals surface area (Å²) in [5.41, 5.74) is 5.29. The molecular formula is C16H17Cl. The summed E-state index contributed by atoms with van der Waals surface area (Å²) in [4.78, 5) is 0. The molecule has 2 rings (SSSR count). The molecule has 0 aliphatic heterocycles. The summed E-state index contributed by atoms with van der Waals surface area (Å²) in [5, 5.41) is 0.795. The van der Waals surface area contributed by atoms with Crippen molar-refractivity contribution in [2.75, 3.05) is 0 Å². The number of halogens is 1. The van der Waals surface area contributed by atoms with Gasteiger partial charge in [0.25, 0.3) is 0 Å². The number of hydrogen-bond acceptors (Lipinski definition) is 0. The Kier molecular flexibility index (Phi) is 3.86. The van der Waals surface area contributed by atoms with Crippen LogP contribution in [-0.4, -0.2) is 0 Å². The van der Waals surface area contributed by atoms with Crippen molar-refractivity contribution in [1.29, 1.82) is 0 Å². The Bertz CT molecular complexity index is 515. The Morgan fingerprint density at radius 1 is 0.941 bits per heavy atom. The fourth-order valence-corrected chi connectivity index (χ4v) is 2.29. The predicted octanol–water partition coefficient (Wildman–Crippen LogP) is 5.13. The third-order valence-corrected chi connectivity index (χ3v) is 3.33. The summed E-state index contributed by atoms with van der Waals surface area (Å²) in [7, 11) is 0. The zero-order valence-corrected chi connectivity index (χ0v) is 11.1. The van der Waals surface area contributed by atoms with Gasteiger partial charge >= 0.3 is 0 Å². The molecule has 0 aromatic heterocycles. The number of benzene rings is 2. The molecule has 0 aliphatic carbocycles. The topological polar surface area (TPSA) is 0 Å². The van der Waals surface area contributed by atoms with E-state index in [1.807, 2.05) is 18.2 Å². The Morgan fingerprint density at radius 3 is 2.41 bits per heavy atom. The lowest BCUT2D eigenvalue weighted by Gasteiger charge is -2.10. The highest BCUT2D eigenvalue weighted by Gasteiger charge is 2.05. The molecule has 0 bridgehead atoms. The van der Waals surface area contributed by atoms with Crippen molar-refractivity contribution in [2.24, 2.45) is 0 Å². The molecule has 0 nitrogen and oxygen atoms in total. The van der Waals surface area contributed by atoms with Crippen LogP contribution in [0.15, 0.2) is 42.5 Å². The molecule has 0 atom stereocenters. The van der Waals surface area contributed by atoms with E-state index in [2.05, 4.69) is 38.1 Å². The summed E-state index contributed by atoms with van der Waals surface area (Å²) in [5.74, 6) is 0. The van der Waals surface area contributed by atoms with Crippen LogP contribution in [0, 0.1) is 0 Å². The van der Waals surface area contributed by atoms with E-state index in [4.69, 9.17) is 11.6 Å². The first kappa shape index (κ1) is 12.2. The quantitative estimate of drug-likeness (QED) is 0.702.